The summed E-state index contributed by atoms with van der Waals surface area (Å²) in [7, 11) is 1.60. The lowest BCUT2D eigenvalue weighted by Crippen LogP contribution is -2.33. The largest absolute Gasteiger partial charge is 0.496 e. The fraction of sp³-hybridized carbons (Fsp3) is 0.417. The second kappa shape index (κ2) is 7.14. The van der Waals surface area contributed by atoms with Gasteiger partial charge in [-0.3, -0.25) is 4.79 Å². The van der Waals surface area contributed by atoms with Crippen LogP contribution in [0.15, 0.2) is 18.2 Å². The van der Waals surface area contributed by atoms with Crippen LogP contribution in [-0.4, -0.2) is 26.1 Å². The van der Waals surface area contributed by atoms with Gasteiger partial charge in [-0.2, -0.15) is 0 Å². The number of hydrogen-bond donors (Lipinski definition) is 2. The van der Waals surface area contributed by atoms with Crippen molar-refractivity contribution in [1.29, 1.82) is 0 Å². The van der Waals surface area contributed by atoms with Crippen molar-refractivity contribution < 1.29 is 9.53 Å². The van der Waals surface area contributed by atoms with Crippen molar-refractivity contribution in [3.63, 3.8) is 0 Å². The van der Waals surface area contributed by atoms with E-state index in [2.05, 4.69) is 10.6 Å². The number of halogens is 1. The van der Waals surface area contributed by atoms with E-state index in [0.29, 0.717) is 18.1 Å². The van der Waals surface area contributed by atoms with Crippen molar-refractivity contribution in [2.24, 2.45) is 0 Å². The lowest BCUT2D eigenvalue weighted by atomic mass is 10.2. The number of benzene rings is 1. The molecule has 0 bridgehead atoms. The van der Waals surface area contributed by atoms with Gasteiger partial charge >= 0.3 is 0 Å². The molecule has 0 saturated heterocycles. The summed E-state index contributed by atoms with van der Waals surface area (Å²) in [6, 6.07) is 5.47. The van der Waals surface area contributed by atoms with E-state index >= 15 is 0 Å². The quantitative estimate of drug-likeness (QED) is 0.813. The fourth-order valence-electron chi connectivity index (χ4n) is 1.46. The predicted octanol–water partition coefficient (Wildman–Crippen LogP) is 1.57. The molecule has 0 radical (unpaired) electrons. The van der Waals surface area contributed by atoms with Crippen molar-refractivity contribution in [2.45, 2.75) is 13.5 Å². The molecule has 2 N–H and O–H groups in total. The maximum absolute atomic E-state index is 11.2. The maximum atomic E-state index is 11.2. The summed E-state index contributed by atoms with van der Waals surface area (Å²) in [5, 5.41) is 6.37. The van der Waals surface area contributed by atoms with Gasteiger partial charge in [0.15, 0.2) is 0 Å². The smallest absolute Gasteiger partial charge is 0.233 e. The van der Waals surface area contributed by atoms with E-state index in [9.17, 15) is 4.79 Å². The number of carbonyl (C=O) groups is 1. The van der Waals surface area contributed by atoms with Crippen molar-refractivity contribution in [2.75, 3.05) is 20.2 Å². The van der Waals surface area contributed by atoms with Crippen LogP contribution in [0.1, 0.15) is 12.5 Å². The average molecular weight is 257 g/mol. The number of ether oxygens (including phenoxy) is 1. The summed E-state index contributed by atoms with van der Waals surface area (Å²) >= 11 is 6.06. The van der Waals surface area contributed by atoms with Crippen LogP contribution in [-0.2, 0) is 11.3 Å². The molecular weight excluding hydrogens is 240 g/mol. The lowest BCUT2D eigenvalue weighted by molar-refractivity contribution is -0.120. The first-order chi connectivity index (χ1) is 8.19. The molecule has 0 aromatic heterocycles. The summed E-state index contributed by atoms with van der Waals surface area (Å²) in [6.45, 7) is 3.28. The summed E-state index contributed by atoms with van der Waals surface area (Å²) in [5.74, 6) is 0.694. The van der Waals surface area contributed by atoms with Crippen molar-refractivity contribution in [3.8, 4) is 5.75 Å². The van der Waals surface area contributed by atoms with Gasteiger partial charge in [-0.1, -0.05) is 17.7 Å². The number of nitrogens with one attached hydrogen (secondary N) is 2. The Morgan fingerprint density at radius 2 is 2.24 bits per heavy atom. The molecule has 4 nitrogen and oxygen atoms in total. The minimum Gasteiger partial charge on any atom is -0.496 e. The normalized spacial score (nSPS) is 10.1. The number of likely N-dealkylation sites (N-methyl/N-ethyl adjacent to an activating group) is 1. The van der Waals surface area contributed by atoms with Crippen LogP contribution in [0.3, 0.4) is 0 Å². The van der Waals surface area contributed by atoms with E-state index in [-0.39, 0.29) is 12.5 Å². The molecule has 1 rings (SSSR count). The number of amides is 1. The Kier molecular flexibility index (Phi) is 5.80. The minimum absolute atomic E-state index is 0.0291. The molecule has 0 fully saturated rings. The van der Waals surface area contributed by atoms with Crippen molar-refractivity contribution in [3.05, 3.63) is 28.8 Å². The van der Waals surface area contributed by atoms with Gasteiger partial charge in [0, 0.05) is 23.7 Å². The average Bonchev–Trinajstić information content (AvgIpc) is 2.31. The zero-order chi connectivity index (χ0) is 12.7. The molecule has 0 atom stereocenters. The van der Waals surface area contributed by atoms with E-state index in [1.807, 2.05) is 19.1 Å². The second-order valence-electron chi connectivity index (χ2n) is 3.48. The highest BCUT2D eigenvalue weighted by Gasteiger charge is 2.07. The van der Waals surface area contributed by atoms with Gasteiger partial charge < -0.3 is 15.4 Å². The maximum Gasteiger partial charge on any atom is 0.233 e. The van der Waals surface area contributed by atoms with E-state index < -0.39 is 0 Å². The van der Waals surface area contributed by atoms with Gasteiger partial charge in [0.1, 0.15) is 5.75 Å². The topological polar surface area (TPSA) is 50.4 Å². The third kappa shape index (κ3) is 4.24. The van der Waals surface area contributed by atoms with E-state index in [1.165, 1.54) is 0 Å². The van der Waals surface area contributed by atoms with Crippen molar-refractivity contribution >= 4 is 17.5 Å². The molecule has 0 saturated carbocycles. The van der Waals surface area contributed by atoms with Gasteiger partial charge in [-0.15, -0.1) is 0 Å². The summed E-state index contributed by atoms with van der Waals surface area (Å²) in [5.41, 5.74) is 0.862. The van der Waals surface area contributed by atoms with Gasteiger partial charge in [-0.25, -0.2) is 0 Å². The fourth-order valence-corrected chi connectivity index (χ4v) is 1.70. The number of rotatable bonds is 6. The predicted molar refractivity (Wildman–Crippen MR) is 68.4 cm³/mol. The van der Waals surface area contributed by atoms with Crippen LogP contribution in [0.4, 0.5) is 0 Å². The van der Waals surface area contributed by atoms with Gasteiger partial charge in [0.2, 0.25) is 5.91 Å². The summed E-state index contributed by atoms with van der Waals surface area (Å²) in [6.07, 6.45) is 0. The molecule has 0 heterocycles. The Morgan fingerprint density at radius 3 is 2.88 bits per heavy atom. The highest BCUT2D eigenvalue weighted by atomic mass is 35.5. The second-order valence-corrected chi connectivity index (χ2v) is 3.88. The highest BCUT2D eigenvalue weighted by molar-refractivity contribution is 6.31. The first kappa shape index (κ1) is 13.8. The molecule has 0 aliphatic rings. The molecule has 94 valence electrons. The van der Waals surface area contributed by atoms with Crippen LogP contribution in [0.5, 0.6) is 5.75 Å². The Morgan fingerprint density at radius 1 is 1.47 bits per heavy atom. The van der Waals surface area contributed by atoms with Gasteiger partial charge in [0.25, 0.3) is 0 Å². The molecule has 0 unspecified atom stereocenters. The standard InChI is InChI=1S/C12H17ClN2O2/c1-3-15-12(16)8-14-7-9-10(13)5-4-6-11(9)17-2/h4-6,14H,3,7-8H2,1-2H3,(H,15,16). The van der Waals surface area contributed by atoms with Crippen LogP contribution in [0.25, 0.3) is 0 Å². The number of carbonyl (C=O) groups excluding carboxylic acids is 1. The van der Waals surface area contributed by atoms with E-state index in [0.717, 1.165) is 11.3 Å². The summed E-state index contributed by atoms with van der Waals surface area (Å²) < 4.78 is 5.21. The third-order valence-electron chi connectivity index (χ3n) is 2.26. The molecular formula is C12H17ClN2O2. The Labute approximate surface area is 106 Å². The van der Waals surface area contributed by atoms with Gasteiger partial charge in [-0.05, 0) is 19.1 Å². The first-order valence-corrected chi connectivity index (χ1v) is 5.85. The Bertz CT molecular complexity index is 383. The number of hydrogen-bond acceptors (Lipinski definition) is 3. The molecule has 5 heteroatoms. The molecule has 17 heavy (non-hydrogen) atoms. The minimum atomic E-state index is -0.0291. The molecule has 0 aliphatic heterocycles. The Hall–Kier alpha value is -1.26. The third-order valence-corrected chi connectivity index (χ3v) is 2.61. The van der Waals surface area contributed by atoms with Gasteiger partial charge in [0.05, 0.1) is 13.7 Å². The summed E-state index contributed by atoms with van der Waals surface area (Å²) in [4.78, 5) is 11.2. The van der Waals surface area contributed by atoms with Crippen LogP contribution < -0.4 is 15.4 Å². The zero-order valence-corrected chi connectivity index (χ0v) is 10.8. The van der Waals surface area contributed by atoms with Crippen LogP contribution >= 0.6 is 11.6 Å². The van der Waals surface area contributed by atoms with Crippen LogP contribution in [0, 0.1) is 0 Å². The van der Waals surface area contributed by atoms with Crippen molar-refractivity contribution in [1.82, 2.24) is 10.6 Å². The molecule has 1 aromatic carbocycles. The molecule has 0 spiro atoms. The SMILES string of the molecule is CCNC(=O)CNCc1c(Cl)cccc1OC. The molecule has 1 aromatic rings. The molecule has 1 amide bonds. The highest BCUT2D eigenvalue weighted by Crippen LogP contribution is 2.25. The monoisotopic (exact) mass is 256 g/mol. The first-order valence-electron chi connectivity index (χ1n) is 5.47. The van der Waals surface area contributed by atoms with Crippen LogP contribution in [0.2, 0.25) is 5.02 Å². The molecule has 0 aliphatic carbocycles. The van der Waals surface area contributed by atoms with E-state index in [1.54, 1.807) is 13.2 Å². The number of methoxy groups -OCH3 is 1. The lowest BCUT2D eigenvalue weighted by Gasteiger charge is -2.11. The Balaban J connectivity index is 2.54. The van der Waals surface area contributed by atoms with E-state index in [4.69, 9.17) is 16.3 Å². The zero-order valence-electron chi connectivity index (χ0n) is 10.0.